The number of carbonyl (C=O) groups excluding carboxylic acids is 1. The van der Waals surface area contributed by atoms with E-state index in [-0.39, 0.29) is 0 Å². The third-order valence-corrected chi connectivity index (χ3v) is 7.31. The molecule has 5 aromatic carbocycles. The van der Waals surface area contributed by atoms with Crippen molar-refractivity contribution in [1.29, 1.82) is 5.26 Å². The van der Waals surface area contributed by atoms with Crippen LogP contribution in [0.2, 0.25) is 0 Å². The Balaban J connectivity index is 1.37. The molecule has 210 valence electrons. The summed E-state index contributed by atoms with van der Waals surface area (Å²) in [5.74, 6) is -0.448. The lowest BCUT2D eigenvalue weighted by Gasteiger charge is -2.19. The van der Waals surface area contributed by atoms with Gasteiger partial charge in [-0.05, 0) is 52.9 Å². The van der Waals surface area contributed by atoms with E-state index in [9.17, 15) is 10.1 Å². The highest BCUT2D eigenvalue weighted by atomic mass is 16.5. The van der Waals surface area contributed by atoms with E-state index in [2.05, 4.69) is 6.07 Å². The summed E-state index contributed by atoms with van der Waals surface area (Å²) in [5.41, 5.74) is 6.94. The van der Waals surface area contributed by atoms with E-state index in [4.69, 9.17) is 14.5 Å². The molecule has 0 fully saturated rings. The van der Waals surface area contributed by atoms with Crippen LogP contribution in [0.4, 0.5) is 0 Å². The van der Waals surface area contributed by atoms with Crippen molar-refractivity contribution in [2.45, 2.75) is 19.6 Å². The molecule has 0 atom stereocenters. The maximum atomic E-state index is 13.9. The van der Waals surface area contributed by atoms with Crippen molar-refractivity contribution in [3.05, 3.63) is 155 Å². The maximum Gasteiger partial charge on any atom is 0.341 e. The molecule has 1 aromatic heterocycles. The van der Waals surface area contributed by atoms with Crippen LogP contribution in [0.5, 0.6) is 6.01 Å². The van der Waals surface area contributed by atoms with Crippen LogP contribution < -0.4 is 4.74 Å². The highest BCUT2D eigenvalue weighted by Gasteiger charge is 2.24. The van der Waals surface area contributed by atoms with E-state index in [0.29, 0.717) is 41.3 Å². The summed E-state index contributed by atoms with van der Waals surface area (Å²) in [6, 6.07) is 43.2. The van der Waals surface area contributed by atoms with Gasteiger partial charge in [-0.25, -0.2) is 4.79 Å². The molecule has 0 saturated heterocycles. The van der Waals surface area contributed by atoms with Gasteiger partial charge in [-0.2, -0.15) is 10.2 Å². The molecule has 43 heavy (non-hydrogen) atoms. The molecule has 0 bridgehead atoms. The number of nitriles is 1. The number of benzene rings is 5. The standard InChI is InChI=1S/C37H29N3O3/c1-2-42-37-39-33-19-11-18-32(36(41)43-35(28-12-5-3-6-13-28)29-14-7-4-8-15-29)34(33)40(37)25-26-20-22-27(23-21-26)31-17-10-9-16-30(31)24-38/h3-23,35H,2,25H2,1H3. The number of hydrogen-bond donors (Lipinski definition) is 0. The van der Waals surface area contributed by atoms with Gasteiger partial charge in [0.25, 0.3) is 6.01 Å². The highest BCUT2D eigenvalue weighted by molar-refractivity contribution is 6.02. The number of ether oxygens (including phenoxy) is 2. The molecule has 6 nitrogen and oxygen atoms in total. The summed E-state index contributed by atoms with van der Waals surface area (Å²) in [7, 11) is 0. The van der Waals surface area contributed by atoms with Gasteiger partial charge in [0.2, 0.25) is 0 Å². The second-order valence-corrected chi connectivity index (χ2v) is 10.0. The quantitative estimate of drug-likeness (QED) is 0.167. The summed E-state index contributed by atoms with van der Waals surface area (Å²) in [4.78, 5) is 18.6. The Morgan fingerprint density at radius 1 is 0.814 bits per heavy atom. The van der Waals surface area contributed by atoms with Gasteiger partial charge in [-0.1, -0.05) is 109 Å². The van der Waals surface area contributed by atoms with Gasteiger partial charge in [0.1, 0.15) is 0 Å². The minimum atomic E-state index is -0.572. The van der Waals surface area contributed by atoms with Crippen LogP contribution in [-0.2, 0) is 11.3 Å². The first-order chi connectivity index (χ1) is 21.2. The topological polar surface area (TPSA) is 77.1 Å². The molecule has 0 amide bonds. The average Bonchev–Trinajstić information content (AvgIpc) is 3.41. The third-order valence-electron chi connectivity index (χ3n) is 7.31. The summed E-state index contributed by atoms with van der Waals surface area (Å²) < 4.78 is 14.1. The Morgan fingerprint density at radius 2 is 1.47 bits per heavy atom. The number of fused-ring (bicyclic) bond motifs is 1. The first-order valence-electron chi connectivity index (χ1n) is 14.2. The van der Waals surface area contributed by atoms with Crippen LogP contribution in [-0.4, -0.2) is 22.1 Å². The van der Waals surface area contributed by atoms with E-state index in [1.807, 2.05) is 133 Å². The van der Waals surface area contributed by atoms with Gasteiger partial charge < -0.3 is 9.47 Å². The highest BCUT2D eigenvalue weighted by Crippen LogP contribution is 2.31. The molecule has 0 aliphatic carbocycles. The lowest BCUT2D eigenvalue weighted by molar-refractivity contribution is 0.0380. The van der Waals surface area contributed by atoms with Gasteiger partial charge in [0.15, 0.2) is 6.10 Å². The van der Waals surface area contributed by atoms with Crippen LogP contribution in [0, 0.1) is 11.3 Å². The number of esters is 1. The fourth-order valence-electron chi connectivity index (χ4n) is 5.27. The minimum absolute atomic E-state index is 0.410. The zero-order chi connectivity index (χ0) is 29.6. The molecule has 0 saturated carbocycles. The number of hydrogen-bond acceptors (Lipinski definition) is 5. The van der Waals surface area contributed by atoms with Crippen LogP contribution in [0.15, 0.2) is 127 Å². The molecule has 0 radical (unpaired) electrons. The second kappa shape index (κ2) is 12.5. The predicted octanol–water partition coefficient (Wildman–Crippen LogP) is 7.97. The fraction of sp³-hybridized carbons (Fsp3) is 0.108. The molecule has 0 unspecified atom stereocenters. The Hall–Kier alpha value is -5.67. The van der Waals surface area contributed by atoms with E-state index in [1.54, 1.807) is 6.07 Å². The van der Waals surface area contributed by atoms with Crippen molar-refractivity contribution in [1.82, 2.24) is 9.55 Å². The van der Waals surface area contributed by atoms with Crippen molar-refractivity contribution in [3.8, 4) is 23.2 Å². The molecule has 6 heteroatoms. The van der Waals surface area contributed by atoms with Crippen molar-refractivity contribution >= 4 is 17.0 Å². The predicted molar refractivity (Wildman–Crippen MR) is 167 cm³/mol. The van der Waals surface area contributed by atoms with Gasteiger partial charge in [-0.3, -0.25) is 4.57 Å². The molecule has 0 N–H and O–H groups in total. The number of carbonyl (C=O) groups is 1. The Morgan fingerprint density at radius 3 is 2.12 bits per heavy atom. The number of rotatable bonds is 9. The molecule has 0 spiro atoms. The average molecular weight is 564 g/mol. The van der Waals surface area contributed by atoms with Crippen LogP contribution in [0.3, 0.4) is 0 Å². The molecule has 6 aromatic rings. The summed E-state index contributed by atoms with van der Waals surface area (Å²) in [5, 5.41) is 9.53. The monoisotopic (exact) mass is 563 g/mol. The number of nitrogens with zero attached hydrogens (tertiary/aromatic N) is 3. The normalized spacial score (nSPS) is 10.9. The molecule has 0 aliphatic rings. The number of imidazole rings is 1. The molecular formula is C37H29N3O3. The first-order valence-corrected chi connectivity index (χ1v) is 14.2. The van der Waals surface area contributed by atoms with E-state index in [0.717, 1.165) is 27.8 Å². The van der Waals surface area contributed by atoms with Crippen molar-refractivity contribution in [3.63, 3.8) is 0 Å². The Bertz CT molecular complexity index is 1870. The molecule has 0 aliphatic heterocycles. The number of aromatic nitrogens is 2. The summed E-state index contributed by atoms with van der Waals surface area (Å²) in [6.07, 6.45) is -0.572. The molecular weight excluding hydrogens is 534 g/mol. The summed E-state index contributed by atoms with van der Waals surface area (Å²) in [6.45, 7) is 2.76. The van der Waals surface area contributed by atoms with E-state index in [1.165, 1.54) is 0 Å². The van der Waals surface area contributed by atoms with Crippen molar-refractivity contribution < 1.29 is 14.3 Å². The van der Waals surface area contributed by atoms with Gasteiger partial charge in [-0.15, -0.1) is 0 Å². The minimum Gasteiger partial charge on any atom is -0.465 e. The third kappa shape index (κ3) is 5.74. The maximum absolute atomic E-state index is 13.9. The lowest BCUT2D eigenvalue weighted by atomic mass is 9.99. The Labute approximate surface area is 250 Å². The van der Waals surface area contributed by atoms with E-state index < -0.39 is 12.1 Å². The molecule has 1 heterocycles. The molecule has 6 rings (SSSR count). The van der Waals surface area contributed by atoms with Gasteiger partial charge >= 0.3 is 5.97 Å². The first kappa shape index (κ1) is 27.5. The fourth-order valence-corrected chi connectivity index (χ4v) is 5.27. The second-order valence-electron chi connectivity index (χ2n) is 10.0. The van der Waals surface area contributed by atoms with Crippen molar-refractivity contribution in [2.75, 3.05) is 6.61 Å². The van der Waals surface area contributed by atoms with Crippen molar-refractivity contribution in [2.24, 2.45) is 0 Å². The lowest BCUT2D eigenvalue weighted by Crippen LogP contribution is -2.15. The van der Waals surface area contributed by atoms with E-state index >= 15 is 0 Å². The number of para-hydroxylation sites is 1. The van der Waals surface area contributed by atoms with Crippen LogP contribution >= 0.6 is 0 Å². The van der Waals surface area contributed by atoms with Crippen LogP contribution in [0.1, 0.15) is 45.6 Å². The zero-order valence-electron chi connectivity index (χ0n) is 23.7. The van der Waals surface area contributed by atoms with Crippen LogP contribution in [0.25, 0.3) is 22.2 Å². The van der Waals surface area contributed by atoms with Gasteiger partial charge in [0.05, 0.1) is 41.4 Å². The summed E-state index contributed by atoms with van der Waals surface area (Å²) >= 11 is 0. The largest absolute Gasteiger partial charge is 0.465 e. The van der Waals surface area contributed by atoms with Gasteiger partial charge in [0, 0.05) is 0 Å². The Kier molecular flexibility index (Phi) is 7.97. The SMILES string of the molecule is CCOc1nc2cccc(C(=O)OC(c3ccccc3)c3ccccc3)c2n1Cc1ccc(-c2ccccc2C#N)cc1. The smallest absolute Gasteiger partial charge is 0.341 e. The zero-order valence-corrected chi connectivity index (χ0v) is 23.7.